The number of carboxylic acids is 1. The molecular formula is C73H126O12. The lowest BCUT2D eigenvalue weighted by Crippen LogP contribution is -2.61. The van der Waals surface area contributed by atoms with E-state index in [1.807, 2.05) is 12.2 Å². The summed E-state index contributed by atoms with van der Waals surface area (Å²) in [6.07, 6.45) is 65.9. The van der Waals surface area contributed by atoms with Gasteiger partial charge in [0.15, 0.2) is 24.6 Å². The zero-order valence-electron chi connectivity index (χ0n) is 54.3. The monoisotopic (exact) mass is 1190 g/mol. The molecule has 1 rings (SSSR count). The molecule has 85 heavy (non-hydrogen) atoms. The highest BCUT2D eigenvalue weighted by atomic mass is 16.7. The van der Waals surface area contributed by atoms with Crippen molar-refractivity contribution in [3.8, 4) is 0 Å². The standard InChI is InChI=1S/C73H126O12/c1-4-7-10-13-16-19-22-25-28-31-33-36-38-41-44-47-50-53-56-59-65(74)81-62-64(83-66(75)60-57-54-51-48-45-42-40-37-34-32-29-26-23-20-17-14-11-8-5-2)63-82-73-71(69(78)68(77)70(85-73)72(79)80)84-67(76)61-58-55-52-49-46-43-39-35-30-27-24-21-18-15-12-9-6-3/h7,10,16,19,25,28,33,36,41,44,50,53,64,68-71,73,77-78H,4-6,8-9,11-15,17-18,20-24,26-27,29-32,34-35,37-40,42-43,45-49,51-52,54-63H2,1-3H3,(H,79,80)/b10-7-,19-16-,28-25-,36-33-,44-41-,53-50-. The molecule has 0 spiro atoms. The molecule has 0 radical (unpaired) electrons. The molecule has 0 aromatic rings. The van der Waals surface area contributed by atoms with Crippen LogP contribution >= 0.6 is 0 Å². The molecule has 0 aromatic carbocycles. The molecule has 0 amide bonds. The van der Waals surface area contributed by atoms with Crippen LogP contribution in [0.5, 0.6) is 0 Å². The first kappa shape index (κ1) is 79.2. The second-order valence-electron chi connectivity index (χ2n) is 23.8. The largest absolute Gasteiger partial charge is 0.479 e. The molecule has 6 unspecified atom stereocenters. The maximum absolute atomic E-state index is 13.2. The third kappa shape index (κ3) is 49.8. The molecular weight excluding hydrogens is 1070 g/mol. The average molecular weight is 1200 g/mol. The Morgan fingerprint density at radius 2 is 0.741 bits per heavy atom. The number of rotatable bonds is 60. The molecule has 0 saturated carbocycles. The Balaban J connectivity index is 2.67. The average Bonchev–Trinajstić information content (AvgIpc) is 3.46. The number of aliphatic hydroxyl groups is 2. The van der Waals surface area contributed by atoms with Gasteiger partial charge in [-0.05, 0) is 57.8 Å². The highest BCUT2D eigenvalue weighted by Gasteiger charge is 2.50. The van der Waals surface area contributed by atoms with Crippen molar-refractivity contribution < 1.29 is 58.2 Å². The fraction of sp³-hybridized carbons (Fsp3) is 0.781. The fourth-order valence-electron chi connectivity index (χ4n) is 10.5. The van der Waals surface area contributed by atoms with Crippen LogP contribution < -0.4 is 0 Å². The predicted molar refractivity (Wildman–Crippen MR) is 349 cm³/mol. The van der Waals surface area contributed by atoms with E-state index in [9.17, 15) is 34.5 Å². The summed E-state index contributed by atoms with van der Waals surface area (Å²) in [6.45, 7) is 5.88. The van der Waals surface area contributed by atoms with Crippen LogP contribution in [0.15, 0.2) is 72.9 Å². The van der Waals surface area contributed by atoms with Gasteiger partial charge in [0.05, 0.1) is 6.61 Å². The number of aliphatic carboxylic acids is 1. The fourth-order valence-corrected chi connectivity index (χ4v) is 10.5. The third-order valence-corrected chi connectivity index (χ3v) is 15.8. The lowest BCUT2D eigenvalue weighted by atomic mass is 9.98. The molecule has 1 aliphatic rings. The number of allylic oxidation sites excluding steroid dienone is 12. The van der Waals surface area contributed by atoms with Crippen molar-refractivity contribution in [1.82, 2.24) is 0 Å². The number of esters is 3. The van der Waals surface area contributed by atoms with Crippen LogP contribution in [0.25, 0.3) is 0 Å². The summed E-state index contributed by atoms with van der Waals surface area (Å²) in [6, 6.07) is 0. The zero-order valence-corrected chi connectivity index (χ0v) is 54.3. The van der Waals surface area contributed by atoms with Gasteiger partial charge in [-0.1, -0.05) is 312 Å². The number of carbonyl (C=O) groups is 4. The van der Waals surface area contributed by atoms with Crippen LogP contribution in [0.3, 0.4) is 0 Å². The van der Waals surface area contributed by atoms with E-state index >= 15 is 0 Å². The number of aliphatic hydroxyl groups excluding tert-OH is 2. The molecule has 0 aromatic heterocycles. The van der Waals surface area contributed by atoms with Gasteiger partial charge in [0.25, 0.3) is 0 Å². The molecule has 12 heteroatoms. The Morgan fingerprint density at radius 3 is 1.11 bits per heavy atom. The Morgan fingerprint density at radius 1 is 0.400 bits per heavy atom. The second kappa shape index (κ2) is 60.4. The minimum absolute atomic E-state index is 0.0568. The van der Waals surface area contributed by atoms with E-state index in [4.69, 9.17) is 23.7 Å². The minimum atomic E-state index is -1.91. The van der Waals surface area contributed by atoms with Crippen LogP contribution in [0, 0.1) is 0 Å². The smallest absolute Gasteiger partial charge is 0.335 e. The molecule has 12 nitrogen and oxygen atoms in total. The van der Waals surface area contributed by atoms with Gasteiger partial charge in [-0.15, -0.1) is 0 Å². The Bertz CT molecular complexity index is 1750. The van der Waals surface area contributed by atoms with Crippen molar-refractivity contribution in [3.05, 3.63) is 72.9 Å². The van der Waals surface area contributed by atoms with E-state index in [0.29, 0.717) is 19.3 Å². The number of hydrogen-bond acceptors (Lipinski definition) is 11. The topological polar surface area (TPSA) is 175 Å². The summed E-state index contributed by atoms with van der Waals surface area (Å²) < 4.78 is 28.5. The van der Waals surface area contributed by atoms with Crippen LogP contribution in [0.1, 0.15) is 316 Å². The number of hydrogen-bond donors (Lipinski definition) is 3. The summed E-state index contributed by atoms with van der Waals surface area (Å²) in [5.74, 6) is -3.20. The third-order valence-electron chi connectivity index (χ3n) is 15.8. The van der Waals surface area contributed by atoms with E-state index in [-0.39, 0.29) is 25.9 Å². The van der Waals surface area contributed by atoms with E-state index in [1.165, 1.54) is 173 Å². The molecule has 1 saturated heterocycles. The normalized spacial score (nSPS) is 17.9. The van der Waals surface area contributed by atoms with Crippen LogP contribution in [-0.4, -0.2) is 89.2 Å². The van der Waals surface area contributed by atoms with Gasteiger partial charge in [0, 0.05) is 19.3 Å². The van der Waals surface area contributed by atoms with Gasteiger partial charge in [-0.25, -0.2) is 4.79 Å². The van der Waals surface area contributed by atoms with Crippen LogP contribution in [-0.2, 0) is 42.9 Å². The van der Waals surface area contributed by atoms with Gasteiger partial charge < -0.3 is 39.0 Å². The summed E-state index contributed by atoms with van der Waals surface area (Å²) in [7, 11) is 0. The highest BCUT2D eigenvalue weighted by molar-refractivity contribution is 5.74. The summed E-state index contributed by atoms with van der Waals surface area (Å²) in [5, 5.41) is 31.7. The van der Waals surface area contributed by atoms with Gasteiger partial charge in [0.1, 0.15) is 18.8 Å². The SMILES string of the molecule is CC/C=C\C/C=C\C/C=C\C/C=C\C/C=C\C/C=C\CCC(=O)OCC(COC1OC(C(=O)O)C(O)C(O)C1OC(=O)CCCCCCCCCCCCCCCCCCC)OC(=O)CCCCCCCCCCCCCCCCCCCCC. The van der Waals surface area contributed by atoms with Gasteiger partial charge in [-0.3, -0.25) is 14.4 Å². The lowest BCUT2D eigenvalue weighted by Gasteiger charge is -2.40. The zero-order chi connectivity index (χ0) is 61.7. The molecule has 490 valence electrons. The Kier molecular flexibility index (Phi) is 56.3. The van der Waals surface area contributed by atoms with Crippen molar-refractivity contribution in [2.45, 2.75) is 353 Å². The number of carboxylic acid groups (broad SMARTS) is 1. The number of carbonyl (C=O) groups excluding carboxylic acids is 3. The Hall–Kier alpha value is -3.84. The van der Waals surface area contributed by atoms with Crippen molar-refractivity contribution in [1.29, 1.82) is 0 Å². The summed E-state index contributed by atoms with van der Waals surface area (Å²) in [5.41, 5.74) is 0. The van der Waals surface area contributed by atoms with E-state index in [0.717, 1.165) is 83.5 Å². The van der Waals surface area contributed by atoms with Crippen molar-refractivity contribution >= 4 is 23.9 Å². The molecule has 0 bridgehead atoms. The van der Waals surface area contributed by atoms with Crippen molar-refractivity contribution in [3.63, 3.8) is 0 Å². The number of unbranched alkanes of at least 4 members (excludes halogenated alkanes) is 34. The van der Waals surface area contributed by atoms with Gasteiger partial charge in [0.2, 0.25) is 0 Å². The van der Waals surface area contributed by atoms with E-state index in [2.05, 4.69) is 81.5 Å². The lowest BCUT2D eigenvalue weighted by molar-refractivity contribution is -0.301. The van der Waals surface area contributed by atoms with Gasteiger partial charge in [-0.2, -0.15) is 0 Å². The first-order valence-electron chi connectivity index (χ1n) is 34.9. The molecule has 6 atom stereocenters. The van der Waals surface area contributed by atoms with Crippen molar-refractivity contribution in [2.24, 2.45) is 0 Å². The molecule has 1 fully saturated rings. The molecule has 1 heterocycles. The molecule has 3 N–H and O–H groups in total. The second-order valence-corrected chi connectivity index (χ2v) is 23.8. The number of ether oxygens (including phenoxy) is 5. The Labute approximate surface area is 518 Å². The van der Waals surface area contributed by atoms with E-state index in [1.54, 1.807) is 0 Å². The van der Waals surface area contributed by atoms with E-state index < -0.39 is 67.3 Å². The summed E-state index contributed by atoms with van der Waals surface area (Å²) in [4.78, 5) is 51.4. The first-order chi connectivity index (χ1) is 41.6. The summed E-state index contributed by atoms with van der Waals surface area (Å²) >= 11 is 0. The first-order valence-corrected chi connectivity index (χ1v) is 34.9. The molecule has 1 aliphatic heterocycles. The maximum atomic E-state index is 13.2. The van der Waals surface area contributed by atoms with Crippen molar-refractivity contribution in [2.75, 3.05) is 13.2 Å². The highest BCUT2D eigenvalue weighted by Crippen LogP contribution is 2.27. The van der Waals surface area contributed by atoms with Crippen LogP contribution in [0.2, 0.25) is 0 Å². The predicted octanol–water partition coefficient (Wildman–Crippen LogP) is 19.2. The minimum Gasteiger partial charge on any atom is -0.479 e. The quantitative estimate of drug-likeness (QED) is 0.0228. The maximum Gasteiger partial charge on any atom is 0.335 e. The molecule has 0 aliphatic carbocycles. The van der Waals surface area contributed by atoms with Crippen LogP contribution in [0.4, 0.5) is 0 Å². The van der Waals surface area contributed by atoms with Gasteiger partial charge >= 0.3 is 23.9 Å².